The average Bonchev–Trinajstić information content (AvgIpc) is 2.38. The molecule has 0 atom stereocenters. The monoisotopic (exact) mass is 268 g/mol. The molecule has 0 bridgehead atoms. The molecule has 1 aliphatic heterocycles. The quantitative estimate of drug-likeness (QED) is 0.651. The van der Waals surface area contributed by atoms with Gasteiger partial charge in [-0.25, -0.2) is 4.39 Å². The van der Waals surface area contributed by atoms with Gasteiger partial charge >= 0.3 is 0 Å². The average molecular weight is 268 g/mol. The van der Waals surface area contributed by atoms with Crippen LogP contribution in [0.5, 0.6) is 0 Å². The molecule has 1 aromatic rings. The molecule has 0 aliphatic carbocycles. The summed E-state index contributed by atoms with van der Waals surface area (Å²) in [7, 11) is 0. The Morgan fingerprint density at radius 2 is 2.17 bits per heavy atom. The van der Waals surface area contributed by atoms with Crippen LogP contribution in [0.15, 0.2) is 18.2 Å². The first-order chi connectivity index (χ1) is 8.66. The van der Waals surface area contributed by atoms with Gasteiger partial charge in [-0.1, -0.05) is 6.07 Å². The maximum absolute atomic E-state index is 13.1. The van der Waals surface area contributed by atoms with Crippen LogP contribution in [0.1, 0.15) is 24.0 Å². The Hall–Kier alpha value is -1.07. The van der Waals surface area contributed by atoms with E-state index in [0.29, 0.717) is 10.8 Å². The third-order valence-electron chi connectivity index (χ3n) is 3.00. The molecule has 1 fully saturated rings. The Morgan fingerprint density at radius 1 is 1.44 bits per heavy atom. The van der Waals surface area contributed by atoms with Crippen molar-refractivity contribution in [2.75, 3.05) is 13.2 Å². The van der Waals surface area contributed by atoms with Crippen LogP contribution in [0.2, 0.25) is 0 Å². The summed E-state index contributed by atoms with van der Waals surface area (Å²) in [4.78, 5) is 0. The van der Waals surface area contributed by atoms with Crippen LogP contribution in [0.4, 0.5) is 4.39 Å². The highest BCUT2D eigenvalue weighted by atomic mass is 32.2. The summed E-state index contributed by atoms with van der Waals surface area (Å²) in [5.41, 5.74) is 6.92. The summed E-state index contributed by atoms with van der Waals surface area (Å²) < 4.78 is 18.4. The number of hydrogen-bond donors (Lipinski definition) is 2. The Morgan fingerprint density at radius 3 is 2.83 bits per heavy atom. The number of halogens is 1. The number of thioether (sulfide) groups is 1. The molecule has 98 valence electrons. The van der Waals surface area contributed by atoms with Crippen molar-refractivity contribution in [2.45, 2.75) is 23.8 Å². The van der Waals surface area contributed by atoms with Crippen LogP contribution in [-0.2, 0) is 10.5 Å². The number of ether oxygens (including phenoxy) is 1. The maximum atomic E-state index is 13.1. The molecule has 18 heavy (non-hydrogen) atoms. The van der Waals surface area contributed by atoms with Crippen LogP contribution >= 0.6 is 11.8 Å². The minimum absolute atomic E-state index is 0.0722. The van der Waals surface area contributed by atoms with E-state index < -0.39 is 0 Å². The molecule has 0 spiro atoms. The van der Waals surface area contributed by atoms with Crippen LogP contribution in [0, 0.1) is 11.2 Å². The lowest BCUT2D eigenvalue weighted by atomic mass is 10.1. The first kappa shape index (κ1) is 13.4. The van der Waals surface area contributed by atoms with Crippen molar-refractivity contribution in [2.24, 2.45) is 5.73 Å². The molecule has 3 nitrogen and oxygen atoms in total. The fraction of sp³-hybridized carbons (Fsp3) is 0.462. The van der Waals surface area contributed by atoms with E-state index in [2.05, 4.69) is 0 Å². The standard InChI is InChI=1S/C13H17FN2OS/c14-10-2-1-9(12(7-10)13(15)16)8-18-11-3-5-17-6-4-11/h1-2,7,11H,3-6,8H2,(H3,15,16). The third kappa shape index (κ3) is 3.46. The summed E-state index contributed by atoms with van der Waals surface area (Å²) >= 11 is 1.83. The highest BCUT2D eigenvalue weighted by Crippen LogP contribution is 2.27. The van der Waals surface area contributed by atoms with E-state index in [0.717, 1.165) is 37.4 Å². The van der Waals surface area contributed by atoms with Gasteiger partial charge in [-0.15, -0.1) is 0 Å². The van der Waals surface area contributed by atoms with Gasteiger partial charge < -0.3 is 10.5 Å². The molecule has 0 amide bonds. The smallest absolute Gasteiger partial charge is 0.123 e. The predicted octanol–water partition coefficient (Wildman–Crippen LogP) is 2.52. The Labute approximate surface area is 110 Å². The zero-order chi connectivity index (χ0) is 13.0. The molecule has 0 aromatic heterocycles. The summed E-state index contributed by atoms with van der Waals surface area (Å²) in [5, 5.41) is 8.06. The zero-order valence-electron chi connectivity index (χ0n) is 10.1. The van der Waals surface area contributed by atoms with Crippen LogP contribution in [0.25, 0.3) is 0 Å². The number of hydrogen-bond acceptors (Lipinski definition) is 3. The molecular formula is C13H17FN2OS. The lowest BCUT2D eigenvalue weighted by molar-refractivity contribution is 0.1000. The molecule has 5 heteroatoms. The van der Waals surface area contributed by atoms with Crippen molar-refractivity contribution in [1.82, 2.24) is 0 Å². The predicted molar refractivity (Wildman–Crippen MR) is 72.6 cm³/mol. The summed E-state index contributed by atoms with van der Waals surface area (Å²) in [6.45, 7) is 1.64. The minimum Gasteiger partial charge on any atom is -0.384 e. The molecule has 1 heterocycles. The van der Waals surface area contributed by atoms with E-state index in [1.807, 2.05) is 11.8 Å². The van der Waals surface area contributed by atoms with Gasteiger partial charge in [-0.2, -0.15) is 11.8 Å². The molecule has 1 saturated heterocycles. The SMILES string of the molecule is N=C(N)c1cc(F)ccc1CSC1CCOCC1. The van der Waals surface area contributed by atoms with Crippen molar-refractivity contribution >= 4 is 17.6 Å². The third-order valence-corrected chi connectivity index (χ3v) is 4.43. The summed E-state index contributed by atoms with van der Waals surface area (Å²) in [6, 6.07) is 4.48. The number of nitrogens with two attached hydrogens (primary N) is 1. The van der Waals surface area contributed by atoms with Gasteiger partial charge in [-0.05, 0) is 30.5 Å². The van der Waals surface area contributed by atoms with Crippen molar-refractivity contribution in [3.63, 3.8) is 0 Å². The first-order valence-electron chi connectivity index (χ1n) is 5.99. The molecule has 1 aromatic carbocycles. The normalized spacial score (nSPS) is 16.7. The molecule has 3 N–H and O–H groups in total. The lowest BCUT2D eigenvalue weighted by Crippen LogP contribution is -2.18. The fourth-order valence-electron chi connectivity index (χ4n) is 1.98. The van der Waals surface area contributed by atoms with Gasteiger partial charge in [0.2, 0.25) is 0 Å². The number of rotatable bonds is 4. The van der Waals surface area contributed by atoms with Crippen LogP contribution in [-0.4, -0.2) is 24.3 Å². The molecule has 0 radical (unpaired) electrons. The topological polar surface area (TPSA) is 59.1 Å². The van der Waals surface area contributed by atoms with Crippen molar-refractivity contribution in [3.05, 3.63) is 35.1 Å². The van der Waals surface area contributed by atoms with E-state index in [1.54, 1.807) is 6.07 Å². The van der Waals surface area contributed by atoms with E-state index in [1.165, 1.54) is 12.1 Å². The molecule has 0 saturated carbocycles. The van der Waals surface area contributed by atoms with Crippen molar-refractivity contribution < 1.29 is 9.13 Å². The second kappa shape index (κ2) is 6.20. The Kier molecular flexibility index (Phi) is 4.60. The van der Waals surface area contributed by atoms with E-state index in [9.17, 15) is 4.39 Å². The molecule has 2 rings (SSSR count). The largest absolute Gasteiger partial charge is 0.384 e. The van der Waals surface area contributed by atoms with Gasteiger partial charge in [0.1, 0.15) is 11.7 Å². The second-order valence-corrected chi connectivity index (χ2v) is 5.63. The number of nitrogens with one attached hydrogen (secondary N) is 1. The Bertz CT molecular complexity index is 433. The van der Waals surface area contributed by atoms with Gasteiger partial charge in [0, 0.05) is 29.8 Å². The van der Waals surface area contributed by atoms with Gasteiger partial charge in [0.15, 0.2) is 0 Å². The van der Waals surface area contributed by atoms with Crippen molar-refractivity contribution in [3.8, 4) is 0 Å². The number of nitrogen functional groups attached to an aromatic ring is 1. The number of benzene rings is 1. The molecule has 0 unspecified atom stereocenters. The minimum atomic E-state index is -0.347. The molecular weight excluding hydrogens is 251 g/mol. The van der Waals surface area contributed by atoms with E-state index >= 15 is 0 Å². The first-order valence-corrected chi connectivity index (χ1v) is 7.04. The Balaban J connectivity index is 2.01. The lowest BCUT2D eigenvalue weighted by Gasteiger charge is -2.21. The van der Waals surface area contributed by atoms with E-state index in [4.69, 9.17) is 15.9 Å². The maximum Gasteiger partial charge on any atom is 0.123 e. The zero-order valence-corrected chi connectivity index (χ0v) is 10.9. The van der Waals surface area contributed by atoms with E-state index in [-0.39, 0.29) is 11.7 Å². The summed E-state index contributed by atoms with van der Waals surface area (Å²) in [5.74, 6) is 0.344. The van der Waals surface area contributed by atoms with Gasteiger partial charge in [-0.3, -0.25) is 5.41 Å². The summed E-state index contributed by atoms with van der Waals surface area (Å²) in [6.07, 6.45) is 2.11. The highest BCUT2D eigenvalue weighted by molar-refractivity contribution is 7.99. The second-order valence-electron chi connectivity index (χ2n) is 4.34. The van der Waals surface area contributed by atoms with Crippen LogP contribution in [0.3, 0.4) is 0 Å². The van der Waals surface area contributed by atoms with Crippen molar-refractivity contribution in [1.29, 1.82) is 5.41 Å². The molecule has 1 aliphatic rings. The van der Waals surface area contributed by atoms with Gasteiger partial charge in [0.25, 0.3) is 0 Å². The number of amidine groups is 1. The fourth-order valence-corrected chi connectivity index (χ4v) is 3.17. The van der Waals surface area contributed by atoms with Gasteiger partial charge in [0.05, 0.1) is 0 Å². The highest BCUT2D eigenvalue weighted by Gasteiger charge is 2.15. The van der Waals surface area contributed by atoms with Crippen LogP contribution < -0.4 is 5.73 Å².